The van der Waals surface area contributed by atoms with Crippen LogP contribution in [0.3, 0.4) is 0 Å². The normalized spacial score (nSPS) is 24.7. The lowest BCUT2D eigenvalue weighted by Gasteiger charge is -2.32. The van der Waals surface area contributed by atoms with Gasteiger partial charge in [-0.2, -0.15) is 0 Å². The summed E-state index contributed by atoms with van der Waals surface area (Å²) in [4.78, 5) is 37.4. The maximum Gasteiger partial charge on any atom is 0.338 e. The molecule has 2 N–H and O–H groups in total. The Hall–Kier alpha value is -3.29. The summed E-state index contributed by atoms with van der Waals surface area (Å²) in [7, 11) is 1.22. The van der Waals surface area contributed by atoms with Crippen LogP contribution in [0.4, 0.5) is 13.2 Å². The molecule has 9 nitrogen and oxygen atoms in total. The van der Waals surface area contributed by atoms with Crippen molar-refractivity contribution in [3.8, 4) is 0 Å². The van der Waals surface area contributed by atoms with Crippen molar-refractivity contribution in [3.63, 3.8) is 0 Å². The number of carboxylic acid groups (broad SMARTS) is 1. The molecule has 1 aromatic heterocycles. The van der Waals surface area contributed by atoms with Gasteiger partial charge in [-0.15, -0.1) is 11.3 Å². The lowest BCUT2D eigenvalue weighted by Crippen LogP contribution is -2.44. The Morgan fingerprint density at radius 3 is 2.71 bits per heavy atom. The number of carbonyl (C=O) groups is 2. The maximum atomic E-state index is 15.3. The second-order valence-corrected chi connectivity index (χ2v) is 12.3. The highest BCUT2D eigenvalue weighted by Crippen LogP contribution is 2.44. The zero-order valence-corrected chi connectivity index (χ0v) is 24.0. The largest absolute Gasteiger partial charge is 0.481 e. The highest BCUT2D eigenvalue weighted by Gasteiger charge is 2.58. The standard InChI is InChI=1S/C28H32F3N5O4S/c1-15-16(6-5-7-18(15)29)22-21(25(37)40-4)19(33-23(34-22)24-32-8-9-41-24)11-36-14-28(30,31)17-10-35(12-20(17)36)13-27(2,3)26(38)39/h5-9,17,20,22H,10-14H2,1-4H3,(H,33,34)(H,38,39). The first-order chi connectivity index (χ1) is 19.3. The third kappa shape index (κ3) is 5.50. The number of nitrogens with zero attached hydrogens (tertiary/aromatic N) is 4. The number of benzene rings is 1. The summed E-state index contributed by atoms with van der Waals surface area (Å²) in [6.07, 6.45) is 1.60. The molecule has 13 heteroatoms. The predicted octanol–water partition coefficient (Wildman–Crippen LogP) is 3.47. The van der Waals surface area contributed by atoms with E-state index in [9.17, 15) is 19.1 Å². The number of thiazole rings is 1. The van der Waals surface area contributed by atoms with E-state index in [0.29, 0.717) is 27.7 Å². The number of halogens is 3. The molecular formula is C28H32F3N5O4S. The number of methoxy groups -OCH3 is 1. The molecule has 0 radical (unpaired) electrons. The number of carboxylic acids is 1. The average Bonchev–Trinajstić information content (AvgIpc) is 3.63. The molecule has 0 bridgehead atoms. The molecule has 0 aliphatic carbocycles. The molecule has 4 heterocycles. The lowest BCUT2D eigenvalue weighted by molar-refractivity contribution is -0.148. The smallest absolute Gasteiger partial charge is 0.338 e. The van der Waals surface area contributed by atoms with Gasteiger partial charge in [-0.3, -0.25) is 14.7 Å². The topological polar surface area (TPSA) is 107 Å². The summed E-state index contributed by atoms with van der Waals surface area (Å²) >= 11 is 1.31. The van der Waals surface area contributed by atoms with E-state index in [2.05, 4.69) is 10.3 Å². The van der Waals surface area contributed by atoms with Crippen LogP contribution in [0.25, 0.3) is 0 Å². The van der Waals surface area contributed by atoms with Crippen molar-refractivity contribution in [2.24, 2.45) is 16.3 Å². The van der Waals surface area contributed by atoms with E-state index in [0.717, 1.165) is 0 Å². The Morgan fingerprint density at radius 1 is 1.29 bits per heavy atom. The average molecular weight is 592 g/mol. The minimum atomic E-state index is -3.02. The molecule has 5 rings (SSSR count). The second-order valence-electron chi connectivity index (χ2n) is 11.4. The van der Waals surface area contributed by atoms with Crippen LogP contribution in [0, 0.1) is 24.1 Å². The summed E-state index contributed by atoms with van der Waals surface area (Å²) in [6.45, 7) is 4.64. The van der Waals surface area contributed by atoms with Gasteiger partial charge in [-0.1, -0.05) is 12.1 Å². The number of esters is 1. The number of hydrogen-bond acceptors (Lipinski definition) is 9. The monoisotopic (exact) mass is 591 g/mol. The Balaban J connectivity index is 1.53. The van der Waals surface area contributed by atoms with Crippen molar-refractivity contribution < 1.29 is 32.6 Å². The molecule has 3 aliphatic rings. The van der Waals surface area contributed by atoms with E-state index in [1.807, 2.05) is 0 Å². The fourth-order valence-corrected chi connectivity index (χ4v) is 6.54. The first-order valence-electron chi connectivity index (χ1n) is 13.2. The van der Waals surface area contributed by atoms with Crippen LogP contribution in [0.5, 0.6) is 0 Å². The fourth-order valence-electron chi connectivity index (χ4n) is 5.95. The first kappa shape index (κ1) is 29.2. The van der Waals surface area contributed by atoms with Crippen LogP contribution >= 0.6 is 11.3 Å². The number of nitrogens with one attached hydrogen (secondary N) is 1. The van der Waals surface area contributed by atoms with E-state index in [1.54, 1.807) is 48.2 Å². The van der Waals surface area contributed by atoms with E-state index in [1.165, 1.54) is 30.6 Å². The molecular weight excluding hydrogens is 559 g/mol. The fraction of sp³-hybridized carbons (Fsp3) is 0.500. The summed E-state index contributed by atoms with van der Waals surface area (Å²) in [5.74, 6) is -5.83. The number of ether oxygens (including phenoxy) is 1. The molecule has 2 saturated heterocycles. The van der Waals surface area contributed by atoms with E-state index in [4.69, 9.17) is 9.73 Å². The maximum absolute atomic E-state index is 15.3. The van der Waals surface area contributed by atoms with Gasteiger partial charge in [0.15, 0.2) is 10.8 Å². The molecule has 2 aromatic rings. The van der Waals surface area contributed by atoms with Crippen molar-refractivity contribution >= 4 is 29.1 Å². The summed E-state index contributed by atoms with van der Waals surface area (Å²) < 4.78 is 50.4. The Labute approximate surface area is 239 Å². The van der Waals surface area contributed by atoms with Gasteiger partial charge in [-0.05, 0) is 38.0 Å². The summed E-state index contributed by atoms with van der Waals surface area (Å²) in [5, 5.41) is 15.0. The Morgan fingerprint density at radius 2 is 2.05 bits per heavy atom. The van der Waals surface area contributed by atoms with E-state index in [-0.39, 0.29) is 31.8 Å². The molecule has 220 valence electrons. The van der Waals surface area contributed by atoms with Gasteiger partial charge in [0, 0.05) is 49.5 Å². The Kier molecular flexibility index (Phi) is 7.72. The molecule has 0 spiro atoms. The molecule has 0 saturated carbocycles. The molecule has 0 amide bonds. The van der Waals surface area contributed by atoms with Crippen LogP contribution in [-0.2, 0) is 14.3 Å². The number of hydrogen-bond donors (Lipinski definition) is 2. The van der Waals surface area contributed by atoms with E-state index >= 15 is 8.78 Å². The molecule has 3 unspecified atom stereocenters. The van der Waals surface area contributed by atoms with Crippen LogP contribution in [0.15, 0.2) is 46.0 Å². The van der Waals surface area contributed by atoms with Gasteiger partial charge < -0.3 is 20.1 Å². The van der Waals surface area contributed by atoms with Gasteiger partial charge in [0.05, 0.1) is 30.6 Å². The van der Waals surface area contributed by atoms with Crippen molar-refractivity contribution in [3.05, 3.63) is 63.0 Å². The molecule has 3 atom stereocenters. The SMILES string of the molecule is COC(=O)C1=C(CN2CC(F)(F)C3CN(CC(C)(C)C(=O)O)CC32)NC(c2nccs2)=NC1c1cccc(F)c1C. The van der Waals surface area contributed by atoms with Gasteiger partial charge in [0.1, 0.15) is 11.9 Å². The molecule has 41 heavy (non-hydrogen) atoms. The number of fused-ring (bicyclic) bond motifs is 1. The number of likely N-dealkylation sites (tertiary alicyclic amines) is 2. The van der Waals surface area contributed by atoms with Crippen molar-refractivity contribution in [2.45, 2.75) is 38.8 Å². The van der Waals surface area contributed by atoms with Gasteiger partial charge >= 0.3 is 11.9 Å². The van der Waals surface area contributed by atoms with Crippen molar-refractivity contribution in [2.75, 3.05) is 39.8 Å². The zero-order valence-electron chi connectivity index (χ0n) is 23.2. The Bertz CT molecular complexity index is 1410. The van der Waals surface area contributed by atoms with Crippen LogP contribution in [0.2, 0.25) is 0 Å². The minimum Gasteiger partial charge on any atom is -0.481 e. The molecule has 1 aromatic carbocycles. The lowest BCUT2D eigenvalue weighted by atomic mass is 9.92. The highest BCUT2D eigenvalue weighted by atomic mass is 32.1. The van der Waals surface area contributed by atoms with Crippen LogP contribution in [0.1, 0.15) is 36.0 Å². The van der Waals surface area contributed by atoms with Crippen molar-refractivity contribution in [1.82, 2.24) is 20.1 Å². The summed E-state index contributed by atoms with van der Waals surface area (Å²) in [5.41, 5.74) is 0.0922. The first-order valence-corrected chi connectivity index (χ1v) is 14.1. The third-order valence-corrected chi connectivity index (χ3v) is 8.90. The predicted molar refractivity (Wildman–Crippen MR) is 146 cm³/mol. The van der Waals surface area contributed by atoms with Crippen LogP contribution in [-0.4, -0.2) is 89.5 Å². The van der Waals surface area contributed by atoms with Gasteiger partial charge in [0.2, 0.25) is 0 Å². The molecule has 3 aliphatic heterocycles. The number of aromatic nitrogens is 1. The third-order valence-electron chi connectivity index (χ3n) is 8.12. The molecule has 2 fully saturated rings. The van der Waals surface area contributed by atoms with Crippen LogP contribution < -0.4 is 5.32 Å². The minimum absolute atomic E-state index is 0.0490. The number of carbonyl (C=O) groups excluding carboxylic acids is 1. The zero-order chi connectivity index (χ0) is 29.7. The second kappa shape index (κ2) is 10.8. The number of aliphatic imine (C=N–C) groups is 1. The van der Waals surface area contributed by atoms with E-state index < -0.39 is 53.6 Å². The van der Waals surface area contributed by atoms with Gasteiger partial charge in [-0.25, -0.2) is 22.9 Å². The highest BCUT2D eigenvalue weighted by molar-refractivity contribution is 7.11. The van der Waals surface area contributed by atoms with Crippen molar-refractivity contribution in [1.29, 1.82) is 0 Å². The number of aliphatic carboxylic acids is 1. The van der Waals surface area contributed by atoms with Gasteiger partial charge in [0.25, 0.3) is 5.92 Å². The quantitative estimate of drug-likeness (QED) is 0.450. The number of amidine groups is 1. The summed E-state index contributed by atoms with van der Waals surface area (Å²) in [6, 6.07) is 3.00. The number of alkyl halides is 2. The number of rotatable bonds is 8.